The summed E-state index contributed by atoms with van der Waals surface area (Å²) in [6.07, 6.45) is 1.96. The van der Waals surface area contributed by atoms with Crippen LogP contribution in [0.5, 0.6) is 0 Å². The van der Waals surface area contributed by atoms with Crippen LogP contribution < -0.4 is 0 Å². The molecule has 0 aromatic heterocycles. The number of rotatable bonds is 5. The molecular weight excluding hydrogens is 418 g/mol. The Bertz CT molecular complexity index is 858. The zero-order valence-corrected chi connectivity index (χ0v) is 16.4. The Morgan fingerprint density at radius 2 is 1.96 bits per heavy atom. The van der Waals surface area contributed by atoms with Crippen LogP contribution in [0.4, 0.5) is 0 Å². The van der Waals surface area contributed by atoms with Crippen molar-refractivity contribution in [3.05, 3.63) is 69.2 Å². The average molecular weight is 432 g/mol. The maximum Gasteiger partial charge on any atom is 0.168 e. The Hall–Kier alpha value is -1.66. The van der Waals surface area contributed by atoms with Crippen molar-refractivity contribution in [1.29, 1.82) is 0 Å². The zero-order valence-electron chi connectivity index (χ0n) is 13.4. The van der Waals surface area contributed by atoms with Gasteiger partial charge in [0.1, 0.15) is 18.7 Å². The molecule has 3 rings (SSSR count). The van der Waals surface area contributed by atoms with Gasteiger partial charge in [0.15, 0.2) is 5.50 Å². The van der Waals surface area contributed by atoms with Gasteiger partial charge in [0, 0.05) is 27.4 Å². The summed E-state index contributed by atoms with van der Waals surface area (Å²) in [5, 5.41) is 19.8. The third-order valence-corrected chi connectivity index (χ3v) is 5.10. The Morgan fingerprint density at radius 1 is 1.19 bits per heavy atom. The molecule has 0 aliphatic carbocycles. The summed E-state index contributed by atoms with van der Waals surface area (Å²) in [4.78, 5) is 0. The first-order valence-electron chi connectivity index (χ1n) is 7.61. The molecule has 9 heteroatoms. The highest BCUT2D eigenvalue weighted by atomic mass is 35.5. The predicted molar refractivity (Wildman–Crippen MR) is 107 cm³/mol. The van der Waals surface area contributed by atoms with Crippen molar-refractivity contribution in [3.8, 4) is 0 Å². The minimum atomic E-state index is -0.790. The van der Waals surface area contributed by atoms with E-state index >= 15 is 0 Å². The molecule has 26 heavy (non-hydrogen) atoms. The topological polar surface area (TPSA) is 51.4 Å². The fraction of sp³-hybridized carbons (Fsp3) is 0.176. The first kappa shape index (κ1) is 19.1. The van der Waals surface area contributed by atoms with E-state index in [1.807, 2.05) is 30.3 Å². The summed E-state index contributed by atoms with van der Waals surface area (Å²) < 4.78 is 1.35. The van der Waals surface area contributed by atoms with Crippen molar-refractivity contribution in [3.63, 3.8) is 0 Å². The van der Waals surface area contributed by atoms with Crippen molar-refractivity contribution in [2.24, 2.45) is 10.3 Å². The van der Waals surface area contributed by atoms with E-state index in [-0.39, 0.29) is 12.4 Å². The normalized spacial score (nSPS) is 15.6. The van der Waals surface area contributed by atoms with Crippen LogP contribution in [-0.2, 0) is 6.42 Å². The molecule has 0 saturated carbocycles. The maximum atomic E-state index is 9.59. The van der Waals surface area contributed by atoms with Crippen molar-refractivity contribution in [2.45, 2.75) is 11.9 Å². The number of hydrogen-bond donors (Lipinski definition) is 1. The standard InChI is InChI=1S/C17H14Cl4N4O/c18-13-6-5-12(15(19)8-13)7-11-3-1-2-4-14(11)16(23-26)17(20)25-10-24(21)9-22-25/h1-6,8-9,17,26H,7,10H2. The Balaban J connectivity index is 1.91. The molecule has 0 saturated heterocycles. The molecule has 0 bridgehead atoms. The van der Waals surface area contributed by atoms with Crippen LogP contribution in [0.15, 0.2) is 52.7 Å². The van der Waals surface area contributed by atoms with Gasteiger partial charge in [-0.15, -0.1) is 0 Å². The lowest BCUT2D eigenvalue weighted by Gasteiger charge is -2.22. The van der Waals surface area contributed by atoms with Gasteiger partial charge in [0.05, 0.1) is 0 Å². The average Bonchev–Trinajstić information content (AvgIpc) is 3.06. The molecule has 2 aromatic rings. The Morgan fingerprint density at radius 3 is 2.62 bits per heavy atom. The van der Waals surface area contributed by atoms with Crippen LogP contribution >= 0.6 is 46.6 Å². The van der Waals surface area contributed by atoms with Crippen LogP contribution in [-0.4, -0.2) is 38.9 Å². The Labute approximate surface area is 171 Å². The molecule has 0 spiro atoms. The van der Waals surface area contributed by atoms with Crippen LogP contribution in [0, 0.1) is 0 Å². The van der Waals surface area contributed by atoms with Crippen LogP contribution in [0.1, 0.15) is 16.7 Å². The van der Waals surface area contributed by atoms with E-state index in [0.29, 0.717) is 22.0 Å². The summed E-state index contributed by atoms with van der Waals surface area (Å²) >= 11 is 24.6. The monoisotopic (exact) mass is 430 g/mol. The molecule has 0 radical (unpaired) electrons. The third-order valence-electron chi connectivity index (χ3n) is 3.89. The smallest absolute Gasteiger partial charge is 0.168 e. The quantitative estimate of drug-likeness (QED) is 0.181. The minimum Gasteiger partial charge on any atom is -0.411 e. The fourth-order valence-electron chi connectivity index (χ4n) is 2.63. The second kappa shape index (κ2) is 8.35. The summed E-state index contributed by atoms with van der Waals surface area (Å²) in [6, 6.07) is 12.8. The number of halogens is 4. The fourth-order valence-corrected chi connectivity index (χ4v) is 3.53. The highest BCUT2D eigenvalue weighted by Crippen LogP contribution is 2.26. The lowest BCUT2D eigenvalue weighted by Crippen LogP contribution is -2.35. The van der Waals surface area contributed by atoms with E-state index < -0.39 is 5.50 Å². The van der Waals surface area contributed by atoms with Gasteiger partial charge in [-0.2, -0.15) is 5.10 Å². The molecule has 0 fully saturated rings. The summed E-state index contributed by atoms with van der Waals surface area (Å²) in [5.41, 5.74) is 1.99. The van der Waals surface area contributed by atoms with Crippen LogP contribution in [0.3, 0.4) is 0 Å². The van der Waals surface area contributed by atoms with Gasteiger partial charge < -0.3 is 5.21 Å². The molecule has 1 unspecified atom stereocenters. The third kappa shape index (κ3) is 4.18. The zero-order chi connectivity index (χ0) is 18.7. The summed E-state index contributed by atoms with van der Waals surface area (Å²) in [6.45, 7) is 0.278. The molecular formula is C17H14Cl4N4O. The van der Waals surface area contributed by atoms with Crippen molar-refractivity contribution < 1.29 is 5.21 Å². The van der Waals surface area contributed by atoms with Crippen molar-refractivity contribution in [1.82, 2.24) is 9.43 Å². The number of oxime groups is 1. The predicted octanol–water partition coefficient (Wildman–Crippen LogP) is 5.00. The first-order chi connectivity index (χ1) is 12.5. The van der Waals surface area contributed by atoms with Crippen LogP contribution in [0.2, 0.25) is 10.0 Å². The van der Waals surface area contributed by atoms with E-state index in [4.69, 9.17) is 46.6 Å². The van der Waals surface area contributed by atoms with E-state index in [1.165, 1.54) is 15.8 Å². The van der Waals surface area contributed by atoms with Crippen LogP contribution in [0.25, 0.3) is 0 Å². The first-order valence-corrected chi connectivity index (χ1v) is 9.14. The largest absolute Gasteiger partial charge is 0.411 e. The van der Waals surface area contributed by atoms with E-state index in [1.54, 1.807) is 12.1 Å². The van der Waals surface area contributed by atoms with Gasteiger partial charge in [-0.3, -0.25) is 9.43 Å². The van der Waals surface area contributed by atoms with Gasteiger partial charge in [0.25, 0.3) is 0 Å². The molecule has 1 heterocycles. The minimum absolute atomic E-state index is 0.275. The van der Waals surface area contributed by atoms with Gasteiger partial charge >= 0.3 is 0 Å². The number of benzene rings is 2. The van der Waals surface area contributed by atoms with Crippen molar-refractivity contribution >= 4 is 58.6 Å². The molecule has 1 aliphatic rings. The second-order valence-electron chi connectivity index (χ2n) is 5.60. The highest BCUT2D eigenvalue weighted by Gasteiger charge is 2.27. The van der Waals surface area contributed by atoms with Gasteiger partial charge in [-0.05, 0) is 29.7 Å². The second-order valence-corrected chi connectivity index (χ2v) is 7.29. The molecule has 1 aliphatic heterocycles. The lowest BCUT2D eigenvalue weighted by atomic mass is 9.96. The molecule has 2 aromatic carbocycles. The Kier molecular flexibility index (Phi) is 6.14. The maximum absolute atomic E-state index is 9.59. The summed E-state index contributed by atoms with van der Waals surface area (Å²) in [7, 11) is 0. The molecule has 1 atom stereocenters. The molecule has 1 N–H and O–H groups in total. The molecule has 136 valence electrons. The number of nitrogens with zero attached hydrogens (tertiary/aromatic N) is 4. The number of alkyl halides is 1. The van der Waals surface area contributed by atoms with E-state index in [2.05, 4.69) is 10.3 Å². The number of hydrazone groups is 1. The van der Waals surface area contributed by atoms with E-state index in [0.717, 1.165) is 11.1 Å². The van der Waals surface area contributed by atoms with Gasteiger partial charge in [0.2, 0.25) is 0 Å². The molecule has 0 amide bonds. The van der Waals surface area contributed by atoms with Gasteiger partial charge in [-0.25, -0.2) is 0 Å². The van der Waals surface area contributed by atoms with E-state index in [9.17, 15) is 5.21 Å². The number of hydrogen-bond acceptors (Lipinski definition) is 5. The highest BCUT2D eigenvalue weighted by molar-refractivity contribution is 6.35. The lowest BCUT2D eigenvalue weighted by molar-refractivity contribution is 0.279. The SMILES string of the molecule is ON=C(c1ccccc1Cc1ccc(Cl)cc1Cl)C(Cl)N1CN(Cl)C=N1. The molecule has 5 nitrogen and oxygen atoms in total. The van der Waals surface area contributed by atoms with Crippen molar-refractivity contribution in [2.75, 3.05) is 6.67 Å². The summed E-state index contributed by atoms with van der Waals surface area (Å²) in [5.74, 6) is 0. The van der Waals surface area contributed by atoms with Gasteiger partial charge in [-0.1, -0.05) is 70.3 Å².